The number of rotatable bonds is 14. The zero-order chi connectivity index (χ0) is 80.3. The molecule has 0 unspecified atom stereocenters. The molecule has 19 aromatic carbocycles. The molecule has 121 heavy (non-hydrogen) atoms. The highest BCUT2D eigenvalue weighted by atomic mass is 28.3. The molecule has 4 heterocycles. The van der Waals surface area contributed by atoms with Crippen molar-refractivity contribution in [2.75, 3.05) is 0 Å². The molecule has 0 fully saturated rings. The minimum Gasteiger partial charge on any atom is -0.309 e. The van der Waals surface area contributed by atoms with E-state index < -0.39 is 8.07 Å². The molecule has 5 nitrogen and oxygen atoms in total. The van der Waals surface area contributed by atoms with E-state index in [9.17, 15) is 5.26 Å². The quantitative estimate of drug-likeness (QED) is 0.0790. The van der Waals surface area contributed by atoms with Crippen molar-refractivity contribution in [3.8, 4) is 95.6 Å². The van der Waals surface area contributed by atoms with Crippen molar-refractivity contribution < 1.29 is 0 Å². The number of para-hydroxylation sites is 4. The first kappa shape index (κ1) is 71.6. The summed E-state index contributed by atoms with van der Waals surface area (Å²) in [6.45, 7) is 0. The highest BCUT2D eigenvalue weighted by Crippen LogP contribution is 2.43. The molecule has 0 radical (unpaired) electrons. The second kappa shape index (κ2) is 30.3. The molecule has 0 aliphatic heterocycles. The van der Waals surface area contributed by atoms with E-state index >= 15 is 0 Å². The van der Waals surface area contributed by atoms with E-state index in [0.29, 0.717) is 5.56 Å². The van der Waals surface area contributed by atoms with Gasteiger partial charge in [-0.15, -0.1) is 0 Å². The zero-order valence-corrected chi connectivity index (χ0v) is 67.2. The largest absolute Gasteiger partial charge is 0.309 e. The zero-order valence-electron chi connectivity index (χ0n) is 66.2. The Morgan fingerprint density at radius 3 is 0.777 bits per heavy atom. The fourth-order valence-electron chi connectivity index (χ4n) is 19.0. The van der Waals surface area contributed by atoms with Crippen LogP contribution in [0.25, 0.3) is 177 Å². The third-order valence-electron chi connectivity index (χ3n) is 24.6. The maximum Gasteiger partial charge on any atom is 0.179 e. The second-order valence-electron chi connectivity index (χ2n) is 31.4. The van der Waals surface area contributed by atoms with Crippen LogP contribution in [0.3, 0.4) is 0 Å². The van der Waals surface area contributed by atoms with Crippen molar-refractivity contribution in [2.24, 2.45) is 0 Å². The van der Waals surface area contributed by atoms with E-state index in [4.69, 9.17) is 0 Å². The molecule has 4 aromatic heterocycles. The summed E-state index contributed by atoms with van der Waals surface area (Å²) in [5.41, 5.74) is 28.7. The van der Waals surface area contributed by atoms with E-state index in [1.54, 1.807) is 0 Å². The molecule has 0 saturated carbocycles. The van der Waals surface area contributed by atoms with Crippen molar-refractivity contribution >= 4 is 116 Å². The van der Waals surface area contributed by atoms with E-state index in [1.807, 2.05) is 18.2 Å². The minimum atomic E-state index is -2.83. The van der Waals surface area contributed by atoms with E-state index in [2.05, 4.69) is 473 Å². The highest BCUT2D eigenvalue weighted by molar-refractivity contribution is 7.20. The third-order valence-corrected chi connectivity index (χ3v) is 29.4. The molecule has 0 atom stereocenters. The fourth-order valence-corrected chi connectivity index (χ4v) is 23.7. The SMILES string of the molecule is N#Cc1ccc2c3cc(-c4ccc5c(c4)c4ccccc4n5-c4ccccc4)ccc3n(-c3ccc(-c4cccc(-c5ccccc5)c4)cc3)c2c1.c1ccc(-c2cccc(-c3ccc(-n4c5ccc(-c6ccc7c(c6)c6ccccc6n7-c6ccccc6)cc5c5ccc([Si](c6ccccc6)(c6ccccc6)c6ccccc6)cc54)cc3)c2)cc1. The Morgan fingerprint density at radius 1 is 0.157 bits per heavy atom. The van der Waals surface area contributed by atoms with E-state index in [0.717, 1.165) is 55.7 Å². The van der Waals surface area contributed by atoms with Gasteiger partial charge in [-0.2, -0.15) is 5.26 Å². The van der Waals surface area contributed by atoms with Gasteiger partial charge in [-0.1, -0.05) is 328 Å². The normalized spacial score (nSPS) is 11.6. The van der Waals surface area contributed by atoms with Gasteiger partial charge in [0.25, 0.3) is 0 Å². The predicted molar refractivity (Wildman–Crippen MR) is 511 cm³/mol. The Hall–Kier alpha value is -15.9. The number of hydrogen-bond acceptors (Lipinski definition) is 1. The van der Waals surface area contributed by atoms with Crippen LogP contribution in [0.5, 0.6) is 0 Å². The number of hydrogen-bond donors (Lipinski definition) is 0. The van der Waals surface area contributed by atoms with Crippen LogP contribution in [0.15, 0.2) is 467 Å². The van der Waals surface area contributed by atoms with Gasteiger partial charge in [0.05, 0.1) is 55.8 Å². The summed E-state index contributed by atoms with van der Waals surface area (Å²) >= 11 is 0. The van der Waals surface area contributed by atoms with Crippen molar-refractivity contribution in [1.29, 1.82) is 5.26 Å². The monoisotopic (exact) mass is 1560 g/mol. The average Bonchev–Trinajstić information content (AvgIpc) is 1.65. The van der Waals surface area contributed by atoms with Gasteiger partial charge < -0.3 is 18.3 Å². The van der Waals surface area contributed by atoms with Crippen LogP contribution in [0.4, 0.5) is 0 Å². The summed E-state index contributed by atoms with van der Waals surface area (Å²) < 4.78 is 9.52. The van der Waals surface area contributed by atoms with Gasteiger partial charge in [-0.25, -0.2) is 0 Å². The summed E-state index contributed by atoms with van der Waals surface area (Å²) in [5.74, 6) is 0. The van der Waals surface area contributed by atoms with Crippen LogP contribution in [0.1, 0.15) is 5.56 Å². The van der Waals surface area contributed by atoms with Gasteiger partial charge in [0.15, 0.2) is 8.07 Å². The first-order valence-electron chi connectivity index (χ1n) is 41.4. The van der Waals surface area contributed by atoms with E-state index in [1.165, 1.54) is 142 Å². The number of aromatic nitrogens is 4. The molecular weight excluding hydrogens is 1480 g/mol. The standard InChI is InChI=1S/C66H46N2Si.C49H31N3/c1-6-19-47(20-7-1)49-21-18-22-50(43-49)48-33-37-54(38-34-48)68-65-42-36-52(51-35-41-64-61(44-51)59-31-16-17-32-63(59)67(64)53-23-8-2-9-24-53)45-62(65)60-40-39-58(46-66(60)68)69(55-25-10-3-11-26-55,56-27-12-4-13-28-56)57-29-14-5-15-30-57;50-32-33-18-25-43-45-31-39(38-21-26-47-44(30-38)42-16-7-8-17-46(42)51(47)40-14-5-2-6-15-40)22-27-48(45)52(49(43)28-33)41-23-19-35(20-24-41)37-13-9-12-36(29-37)34-10-3-1-4-11-34/h1-46H;1-31H. The second-order valence-corrected chi connectivity index (χ2v) is 35.2. The Morgan fingerprint density at radius 2 is 0.413 bits per heavy atom. The van der Waals surface area contributed by atoms with Crippen LogP contribution >= 0.6 is 0 Å². The molecule has 0 amide bonds. The lowest BCUT2D eigenvalue weighted by atomic mass is 9.99. The van der Waals surface area contributed by atoms with Crippen LogP contribution in [-0.2, 0) is 0 Å². The summed E-state index contributed by atoms with van der Waals surface area (Å²) in [4.78, 5) is 0. The van der Waals surface area contributed by atoms with Crippen LogP contribution in [0.2, 0.25) is 0 Å². The van der Waals surface area contributed by atoms with Crippen molar-refractivity contribution in [2.45, 2.75) is 0 Å². The lowest BCUT2D eigenvalue weighted by Crippen LogP contribution is -2.74. The van der Waals surface area contributed by atoms with Gasteiger partial charge in [0, 0.05) is 65.8 Å². The summed E-state index contributed by atoms with van der Waals surface area (Å²) in [6, 6.07) is 172. The van der Waals surface area contributed by atoms with Gasteiger partial charge in [0.2, 0.25) is 0 Å². The Labute approximate surface area is 703 Å². The molecule has 23 rings (SSSR count). The molecule has 6 heteroatoms. The topological polar surface area (TPSA) is 43.5 Å². The molecule has 23 aromatic rings. The van der Waals surface area contributed by atoms with Gasteiger partial charge >= 0.3 is 0 Å². The van der Waals surface area contributed by atoms with Gasteiger partial charge in [-0.05, 0) is 227 Å². The number of fused-ring (bicyclic) bond motifs is 12. The molecule has 0 aliphatic rings. The average molecular weight is 1560 g/mol. The number of nitriles is 1. The van der Waals surface area contributed by atoms with Gasteiger partial charge in [-0.3, -0.25) is 0 Å². The third kappa shape index (κ3) is 12.5. The summed E-state index contributed by atoms with van der Waals surface area (Å²) in [5, 5.41) is 25.0. The Bertz CT molecular complexity index is 7800. The Kier molecular flexibility index (Phi) is 17.9. The van der Waals surface area contributed by atoms with Crippen LogP contribution < -0.4 is 20.7 Å². The molecule has 0 N–H and O–H groups in total. The summed E-state index contributed by atoms with van der Waals surface area (Å²) in [6.07, 6.45) is 0. The van der Waals surface area contributed by atoms with Crippen molar-refractivity contribution in [1.82, 2.24) is 18.3 Å². The Balaban J connectivity index is 0.000000151. The van der Waals surface area contributed by atoms with Crippen LogP contribution in [0, 0.1) is 11.3 Å². The first-order valence-corrected chi connectivity index (χ1v) is 43.4. The van der Waals surface area contributed by atoms with E-state index in [-0.39, 0.29) is 0 Å². The number of nitrogens with zero attached hydrogens (tertiary/aromatic N) is 5. The molecule has 0 spiro atoms. The summed E-state index contributed by atoms with van der Waals surface area (Å²) in [7, 11) is -2.83. The van der Waals surface area contributed by atoms with Crippen LogP contribution in [-0.4, -0.2) is 26.3 Å². The van der Waals surface area contributed by atoms with Crippen molar-refractivity contribution in [3.05, 3.63) is 473 Å². The molecule has 566 valence electrons. The first-order chi connectivity index (χ1) is 59.9. The lowest BCUT2D eigenvalue weighted by Gasteiger charge is -2.34. The van der Waals surface area contributed by atoms with Crippen molar-refractivity contribution in [3.63, 3.8) is 0 Å². The fraction of sp³-hybridized carbons (Fsp3) is 0. The maximum absolute atomic E-state index is 9.87. The predicted octanol–water partition coefficient (Wildman–Crippen LogP) is 27.0. The smallest absolute Gasteiger partial charge is 0.179 e. The highest BCUT2D eigenvalue weighted by Gasteiger charge is 2.42. The molecular formula is C115H77N5Si. The minimum absolute atomic E-state index is 0.645. The molecule has 0 bridgehead atoms. The maximum atomic E-state index is 9.87. The molecule has 0 saturated heterocycles. The molecule has 0 aliphatic carbocycles. The lowest BCUT2D eigenvalue weighted by molar-refractivity contribution is 1.18. The number of benzene rings is 19. The van der Waals surface area contributed by atoms with Gasteiger partial charge in [0.1, 0.15) is 0 Å².